The Kier molecular flexibility index (Phi) is 4.18. The van der Waals surface area contributed by atoms with Crippen molar-refractivity contribution in [3.05, 3.63) is 66.9 Å². The van der Waals surface area contributed by atoms with Crippen LogP contribution in [0.15, 0.2) is 77.1 Å². The summed E-state index contributed by atoms with van der Waals surface area (Å²) in [5.74, 6) is 0. The van der Waals surface area contributed by atoms with Crippen LogP contribution in [0.5, 0.6) is 0 Å². The second-order valence-electron chi connectivity index (χ2n) is 3.85. The Morgan fingerprint density at radius 3 is 2.11 bits per heavy atom. The molecule has 0 unspecified atom stereocenters. The first-order chi connectivity index (χ1) is 9.28. The molecule has 0 spiro atoms. The van der Waals surface area contributed by atoms with Gasteiger partial charge in [-0.2, -0.15) is 10.2 Å². The fourth-order valence-electron chi connectivity index (χ4n) is 1.44. The smallest absolute Gasteiger partial charge is 0.165 e. The predicted molar refractivity (Wildman–Crippen MR) is 75.9 cm³/mol. The van der Waals surface area contributed by atoms with E-state index in [4.69, 9.17) is 0 Å². The third kappa shape index (κ3) is 3.89. The second-order valence-corrected chi connectivity index (χ2v) is 3.85. The molecule has 0 atom stereocenters. The number of carbonyl (C=O) groups excluding carboxylic acids is 1. The van der Waals surface area contributed by atoms with E-state index in [-0.39, 0.29) is 0 Å². The van der Waals surface area contributed by atoms with Crippen molar-refractivity contribution in [1.29, 1.82) is 0 Å². The zero-order chi connectivity index (χ0) is 13.5. The fraction of sp³-hybridized carbons (Fsp3) is 0. The SMILES string of the molecule is C=C(C=O)Nc1ccc(/N=N/c2ccccc2)cc1. The minimum atomic E-state index is 0.318. The van der Waals surface area contributed by atoms with Crippen molar-refractivity contribution < 1.29 is 4.79 Å². The van der Waals surface area contributed by atoms with Gasteiger partial charge in [-0.15, -0.1) is 0 Å². The van der Waals surface area contributed by atoms with E-state index in [0.29, 0.717) is 12.0 Å². The molecule has 0 aliphatic carbocycles. The monoisotopic (exact) mass is 251 g/mol. The van der Waals surface area contributed by atoms with Crippen LogP contribution in [-0.4, -0.2) is 6.29 Å². The molecule has 1 N–H and O–H groups in total. The Morgan fingerprint density at radius 2 is 1.53 bits per heavy atom. The van der Waals surface area contributed by atoms with Crippen LogP contribution in [0.4, 0.5) is 17.1 Å². The van der Waals surface area contributed by atoms with E-state index in [1.54, 1.807) is 0 Å². The molecule has 0 aromatic heterocycles. The van der Waals surface area contributed by atoms with Crippen molar-refractivity contribution in [2.45, 2.75) is 0 Å². The Balaban J connectivity index is 2.05. The number of aldehydes is 1. The number of nitrogens with one attached hydrogen (secondary N) is 1. The average Bonchev–Trinajstić information content (AvgIpc) is 2.47. The van der Waals surface area contributed by atoms with E-state index < -0.39 is 0 Å². The van der Waals surface area contributed by atoms with Crippen LogP contribution < -0.4 is 5.32 Å². The molecular weight excluding hydrogens is 238 g/mol. The summed E-state index contributed by atoms with van der Waals surface area (Å²) in [5, 5.41) is 11.1. The summed E-state index contributed by atoms with van der Waals surface area (Å²) in [6.45, 7) is 3.55. The molecule has 4 nitrogen and oxygen atoms in total. The minimum absolute atomic E-state index is 0.318. The molecule has 4 heteroatoms. The Bertz CT molecular complexity index is 589. The predicted octanol–water partition coefficient (Wildman–Crippen LogP) is 4.23. The topological polar surface area (TPSA) is 53.8 Å². The molecule has 0 heterocycles. The van der Waals surface area contributed by atoms with Gasteiger partial charge >= 0.3 is 0 Å². The highest BCUT2D eigenvalue weighted by atomic mass is 16.1. The maximum Gasteiger partial charge on any atom is 0.165 e. The molecule has 0 amide bonds. The van der Waals surface area contributed by atoms with Crippen LogP contribution in [0, 0.1) is 0 Å². The first-order valence-corrected chi connectivity index (χ1v) is 5.76. The first kappa shape index (κ1) is 12.7. The highest BCUT2D eigenvalue weighted by Gasteiger charge is 1.95. The lowest BCUT2D eigenvalue weighted by Crippen LogP contribution is -1.97. The van der Waals surface area contributed by atoms with Crippen LogP contribution in [0.3, 0.4) is 0 Å². The highest BCUT2D eigenvalue weighted by Crippen LogP contribution is 2.20. The third-order valence-corrected chi connectivity index (χ3v) is 2.35. The summed E-state index contributed by atoms with van der Waals surface area (Å²) in [4.78, 5) is 10.4. The maximum absolute atomic E-state index is 10.4. The Labute approximate surface area is 111 Å². The van der Waals surface area contributed by atoms with E-state index in [0.717, 1.165) is 17.1 Å². The largest absolute Gasteiger partial charge is 0.353 e. The van der Waals surface area contributed by atoms with Gasteiger partial charge in [-0.25, -0.2) is 0 Å². The molecule has 94 valence electrons. The number of anilines is 1. The molecule has 2 aromatic rings. The first-order valence-electron chi connectivity index (χ1n) is 5.76. The standard InChI is InChI=1S/C15H13N3O/c1-12(11-19)16-13-7-9-15(10-8-13)18-17-14-5-3-2-4-6-14/h2-11,16H,1H2/b18-17+. The van der Waals surface area contributed by atoms with Crippen molar-refractivity contribution >= 4 is 23.3 Å². The molecule has 0 aliphatic rings. The van der Waals surface area contributed by atoms with Crippen LogP contribution in [0.1, 0.15) is 0 Å². The molecule has 0 aliphatic heterocycles. The van der Waals surface area contributed by atoms with Gasteiger partial charge in [0.15, 0.2) is 6.29 Å². The Morgan fingerprint density at radius 1 is 0.947 bits per heavy atom. The lowest BCUT2D eigenvalue weighted by Gasteiger charge is -2.03. The average molecular weight is 251 g/mol. The van der Waals surface area contributed by atoms with Crippen LogP contribution in [0.2, 0.25) is 0 Å². The molecule has 0 saturated carbocycles. The number of hydrogen-bond acceptors (Lipinski definition) is 4. The molecule has 0 radical (unpaired) electrons. The highest BCUT2D eigenvalue weighted by molar-refractivity contribution is 5.77. The van der Waals surface area contributed by atoms with Gasteiger partial charge in [-0.1, -0.05) is 24.8 Å². The van der Waals surface area contributed by atoms with E-state index >= 15 is 0 Å². The summed E-state index contributed by atoms with van der Waals surface area (Å²) in [7, 11) is 0. The fourth-order valence-corrected chi connectivity index (χ4v) is 1.44. The van der Waals surface area contributed by atoms with Crippen molar-refractivity contribution in [3.8, 4) is 0 Å². The van der Waals surface area contributed by atoms with Crippen LogP contribution >= 0.6 is 0 Å². The number of allylic oxidation sites excluding steroid dienone is 1. The number of hydrogen-bond donors (Lipinski definition) is 1. The van der Waals surface area contributed by atoms with E-state index in [9.17, 15) is 4.79 Å². The molecule has 0 bridgehead atoms. The summed E-state index contributed by atoms with van der Waals surface area (Å²) in [6, 6.07) is 16.8. The van der Waals surface area contributed by atoms with Crippen molar-refractivity contribution in [2.24, 2.45) is 10.2 Å². The summed E-state index contributed by atoms with van der Waals surface area (Å²) < 4.78 is 0. The zero-order valence-electron chi connectivity index (χ0n) is 10.3. The lowest BCUT2D eigenvalue weighted by molar-refractivity contribution is -0.104. The van der Waals surface area contributed by atoms with Crippen molar-refractivity contribution in [1.82, 2.24) is 0 Å². The normalized spacial score (nSPS) is 10.3. The van der Waals surface area contributed by atoms with Crippen molar-refractivity contribution in [3.63, 3.8) is 0 Å². The number of benzene rings is 2. The molecule has 0 saturated heterocycles. The van der Waals surface area contributed by atoms with Crippen LogP contribution in [0.25, 0.3) is 0 Å². The molecule has 2 aromatic carbocycles. The van der Waals surface area contributed by atoms with Gasteiger partial charge in [0, 0.05) is 5.69 Å². The zero-order valence-corrected chi connectivity index (χ0v) is 10.3. The molecule has 2 rings (SSSR count). The summed E-state index contributed by atoms with van der Waals surface area (Å²) in [6.07, 6.45) is 0.670. The molecule has 0 fully saturated rings. The van der Waals surface area contributed by atoms with E-state index in [2.05, 4.69) is 22.1 Å². The number of carbonyl (C=O) groups is 1. The number of nitrogens with zero attached hydrogens (tertiary/aromatic N) is 2. The lowest BCUT2D eigenvalue weighted by atomic mass is 10.3. The molecular formula is C15H13N3O. The van der Waals surface area contributed by atoms with Gasteiger partial charge in [0.1, 0.15) is 0 Å². The summed E-state index contributed by atoms with van der Waals surface area (Å²) in [5.41, 5.74) is 2.65. The van der Waals surface area contributed by atoms with Gasteiger partial charge in [-0.05, 0) is 36.4 Å². The van der Waals surface area contributed by atoms with Gasteiger partial charge in [0.25, 0.3) is 0 Å². The second kappa shape index (κ2) is 6.26. The quantitative estimate of drug-likeness (QED) is 0.491. The maximum atomic E-state index is 10.4. The van der Waals surface area contributed by atoms with E-state index in [1.807, 2.05) is 54.6 Å². The van der Waals surface area contributed by atoms with Gasteiger partial charge < -0.3 is 5.32 Å². The van der Waals surface area contributed by atoms with Gasteiger partial charge in [-0.3, -0.25) is 4.79 Å². The van der Waals surface area contributed by atoms with Gasteiger partial charge in [0.05, 0.1) is 17.1 Å². The minimum Gasteiger partial charge on any atom is -0.353 e. The van der Waals surface area contributed by atoms with Crippen LogP contribution in [-0.2, 0) is 4.79 Å². The number of azo groups is 1. The molecule has 19 heavy (non-hydrogen) atoms. The summed E-state index contributed by atoms with van der Waals surface area (Å²) >= 11 is 0. The Hall–Kier alpha value is -2.75. The number of rotatable bonds is 5. The van der Waals surface area contributed by atoms with Gasteiger partial charge in [0.2, 0.25) is 0 Å². The third-order valence-electron chi connectivity index (χ3n) is 2.35. The van der Waals surface area contributed by atoms with E-state index in [1.165, 1.54) is 0 Å². The van der Waals surface area contributed by atoms with Crippen molar-refractivity contribution in [2.75, 3.05) is 5.32 Å².